The Balaban J connectivity index is 1.42. The van der Waals surface area contributed by atoms with Crippen molar-refractivity contribution in [2.24, 2.45) is 5.41 Å². The number of halogens is 1. The fraction of sp³-hybridized carbons (Fsp3) is 0.474. The van der Waals surface area contributed by atoms with Crippen LogP contribution < -0.4 is 4.90 Å². The summed E-state index contributed by atoms with van der Waals surface area (Å²) >= 11 is 0. The van der Waals surface area contributed by atoms with Crippen LogP contribution in [0.3, 0.4) is 0 Å². The van der Waals surface area contributed by atoms with Crippen LogP contribution in [0.5, 0.6) is 0 Å². The van der Waals surface area contributed by atoms with Crippen LogP contribution in [0.2, 0.25) is 0 Å². The minimum absolute atomic E-state index is 0.163. The highest BCUT2D eigenvalue weighted by Crippen LogP contribution is 2.40. The SMILES string of the molecule is Fc1ccc(CN2CCC[C@@]3(CCN(c4cnccn4)C3)C2)cc1. The summed E-state index contributed by atoms with van der Waals surface area (Å²) in [6.07, 6.45) is 9.07. The van der Waals surface area contributed by atoms with Gasteiger partial charge in [0.2, 0.25) is 0 Å². The molecule has 2 aliphatic heterocycles. The molecule has 3 heterocycles. The number of benzene rings is 1. The second-order valence-corrected chi connectivity index (χ2v) is 7.18. The smallest absolute Gasteiger partial charge is 0.147 e. The first kappa shape index (κ1) is 15.5. The number of rotatable bonds is 3. The molecule has 2 aliphatic rings. The molecule has 4 nitrogen and oxygen atoms in total. The molecular formula is C19H23FN4. The van der Waals surface area contributed by atoms with Crippen molar-refractivity contribution < 1.29 is 4.39 Å². The van der Waals surface area contributed by atoms with Crippen LogP contribution in [0, 0.1) is 11.2 Å². The molecule has 0 radical (unpaired) electrons. The summed E-state index contributed by atoms with van der Waals surface area (Å²) < 4.78 is 13.1. The van der Waals surface area contributed by atoms with Crippen molar-refractivity contribution in [3.63, 3.8) is 0 Å². The van der Waals surface area contributed by atoms with Crippen molar-refractivity contribution in [1.29, 1.82) is 0 Å². The van der Waals surface area contributed by atoms with Gasteiger partial charge in [-0.25, -0.2) is 9.37 Å². The standard InChI is InChI=1S/C19H23FN4/c20-17-4-2-16(3-5-17)13-23-10-1-6-19(14-23)7-11-24(15-19)18-12-21-8-9-22-18/h2-5,8-9,12H,1,6-7,10-11,13-15H2/t19-/m1/s1. The van der Waals surface area contributed by atoms with Crippen molar-refractivity contribution in [3.05, 3.63) is 54.2 Å². The molecule has 5 heteroatoms. The van der Waals surface area contributed by atoms with Gasteiger partial charge in [0.25, 0.3) is 0 Å². The largest absolute Gasteiger partial charge is 0.355 e. The first-order valence-corrected chi connectivity index (χ1v) is 8.70. The first-order chi connectivity index (χ1) is 11.7. The normalized spacial score (nSPS) is 24.6. The second-order valence-electron chi connectivity index (χ2n) is 7.18. The first-order valence-electron chi connectivity index (χ1n) is 8.70. The Morgan fingerprint density at radius 1 is 1.04 bits per heavy atom. The van der Waals surface area contributed by atoms with Gasteiger partial charge in [0.15, 0.2) is 0 Å². The maximum atomic E-state index is 13.1. The minimum atomic E-state index is -0.163. The van der Waals surface area contributed by atoms with E-state index < -0.39 is 0 Å². The number of likely N-dealkylation sites (tertiary alicyclic amines) is 1. The summed E-state index contributed by atoms with van der Waals surface area (Å²) in [4.78, 5) is 13.5. The quantitative estimate of drug-likeness (QED) is 0.867. The lowest BCUT2D eigenvalue weighted by Crippen LogP contribution is -2.44. The van der Waals surface area contributed by atoms with Crippen LogP contribution in [0.4, 0.5) is 10.2 Å². The lowest BCUT2D eigenvalue weighted by molar-refractivity contribution is 0.0991. The summed E-state index contributed by atoms with van der Waals surface area (Å²) in [5.41, 5.74) is 1.55. The van der Waals surface area contributed by atoms with Gasteiger partial charge in [-0.2, -0.15) is 0 Å². The molecule has 0 aliphatic carbocycles. The monoisotopic (exact) mass is 326 g/mol. The molecule has 1 atom stereocenters. The minimum Gasteiger partial charge on any atom is -0.355 e. The van der Waals surface area contributed by atoms with Gasteiger partial charge in [0.1, 0.15) is 11.6 Å². The average Bonchev–Trinajstić information content (AvgIpc) is 3.01. The highest BCUT2D eigenvalue weighted by Gasteiger charge is 2.41. The molecule has 1 aromatic heterocycles. The molecular weight excluding hydrogens is 303 g/mol. The van der Waals surface area contributed by atoms with Gasteiger partial charge in [-0.1, -0.05) is 12.1 Å². The highest BCUT2D eigenvalue weighted by molar-refractivity contribution is 5.37. The van der Waals surface area contributed by atoms with Gasteiger partial charge >= 0.3 is 0 Å². The Kier molecular flexibility index (Phi) is 4.19. The molecule has 1 aromatic carbocycles. The summed E-state index contributed by atoms with van der Waals surface area (Å²) in [5, 5.41) is 0. The molecule has 1 spiro atoms. The molecule has 24 heavy (non-hydrogen) atoms. The van der Waals surface area contributed by atoms with Crippen LogP contribution in [0.1, 0.15) is 24.8 Å². The van der Waals surface area contributed by atoms with Crippen LogP contribution in [-0.4, -0.2) is 41.0 Å². The molecule has 0 bridgehead atoms. The number of aromatic nitrogens is 2. The number of piperidine rings is 1. The van der Waals surface area contributed by atoms with Crippen LogP contribution in [0.25, 0.3) is 0 Å². The molecule has 2 aromatic rings. The molecule has 2 saturated heterocycles. The third-order valence-electron chi connectivity index (χ3n) is 5.37. The predicted molar refractivity (Wildman–Crippen MR) is 92.2 cm³/mol. The predicted octanol–water partition coefficient (Wildman–Crippen LogP) is 3.11. The van der Waals surface area contributed by atoms with Crippen LogP contribution in [-0.2, 0) is 6.54 Å². The maximum absolute atomic E-state index is 13.1. The number of hydrogen-bond donors (Lipinski definition) is 0. The molecule has 2 fully saturated rings. The highest BCUT2D eigenvalue weighted by atomic mass is 19.1. The van der Waals surface area contributed by atoms with E-state index in [0.29, 0.717) is 5.41 Å². The fourth-order valence-corrected chi connectivity index (χ4v) is 4.21. The van der Waals surface area contributed by atoms with Gasteiger partial charge in [-0.05, 0) is 43.5 Å². The molecule has 126 valence electrons. The van der Waals surface area contributed by atoms with Crippen LogP contribution in [0.15, 0.2) is 42.9 Å². The van der Waals surface area contributed by atoms with E-state index in [0.717, 1.165) is 38.5 Å². The van der Waals surface area contributed by atoms with Gasteiger partial charge in [0.05, 0.1) is 6.20 Å². The third kappa shape index (κ3) is 3.26. The molecule has 4 rings (SSSR count). The maximum Gasteiger partial charge on any atom is 0.147 e. The Labute approximate surface area is 142 Å². The van der Waals surface area contributed by atoms with E-state index in [1.54, 1.807) is 24.5 Å². The van der Waals surface area contributed by atoms with E-state index in [4.69, 9.17) is 0 Å². The summed E-state index contributed by atoms with van der Waals surface area (Å²) in [6, 6.07) is 6.91. The Bertz CT molecular complexity index is 676. The molecule has 0 unspecified atom stereocenters. The third-order valence-corrected chi connectivity index (χ3v) is 5.37. The van der Waals surface area contributed by atoms with E-state index in [2.05, 4.69) is 19.8 Å². The van der Waals surface area contributed by atoms with Gasteiger partial charge in [-0.3, -0.25) is 9.88 Å². The van der Waals surface area contributed by atoms with E-state index in [9.17, 15) is 4.39 Å². The molecule has 0 amide bonds. The van der Waals surface area contributed by atoms with Crippen molar-refractivity contribution >= 4 is 5.82 Å². The summed E-state index contributed by atoms with van der Waals surface area (Å²) in [5.74, 6) is 0.828. The summed E-state index contributed by atoms with van der Waals surface area (Å²) in [6.45, 7) is 5.27. The van der Waals surface area contributed by atoms with E-state index in [1.807, 2.05) is 18.3 Å². The topological polar surface area (TPSA) is 32.3 Å². The van der Waals surface area contributed by atoms with Crippen LogP contribution >= 0.6 is 0 Å². The molecule has 0 saturated carbocycles. The number of anilines is 1. The Hall–Kier alpha value is -2.01. The van der Waals surface area contributed by atoms with Gasteiger partial charge < -0.3 is 4.90 Å². The zero-order valence-electron chi connectivity index (χ0n) is 13.9. The fourth-order valence-electron chi connectivity index (χ4n) is 4.21. The zero-order valence-corrected chi connectivity index (χ0v) is 13.9. The number of nitrogens with zero attached hydrogens (tertiary/aromatic N) is 4. The lowest BCUT2D eigenvalue weighted by atomic mass is 9.79. The van der Waals surface area contributed by atoms with Crippen molar-refractivity contribution in [2.45, 2.75) is 25.8 Å². The van der Waals surface area contributed by atoms with Crippen molar-refractivity contribution in [2.75, 3.05) is 31.1 Å². The second kappa shape index (κ2) is 6.48. The Morgan fingerprint density at radius 2 is 1.92 bits per heavy atom. The van der Waals surface area contributed by atoms with Gasteiger partial charge in [-0.15, -0.1) is 0 Å². The van der Waals surface area contributed by atoms with Crippen molar-refractivity contribution in [1.82, 2.24) is 14.9 Å². The van der Waals surface area contributed by atoms with E-state index >= 15 is 0 Å². The summed E-state index contributed by atoms with van der Waals surface area (Å²) in [7, 11) is 0. The van der Waals surface area contributed by atoms with E-state index in [1.165, 1.54) is 24.8 Å². The average molecular weight is 326 g/mol. The lowest BCUT2D eigenvalue weighted by Gasteiger charge is -2.40. The Morgan fingerprint density at radius 3 is 2.71 bits per heavy atom. The van der Waals surface area contributed by atoms with Crippen molar-refractivity contribution in [3.8, 4) is 0 Å². The zero-order chi connectivity index (χ0) is 16.4. The van der Waals surface area contributed by atoms with E-state index in [-0.39, 0.29) is 5.82 Å². The number of hydrogen-bond acceptors (Lipinski definition) is 4. The van der Waals surface area contributed by atoms with Gasteiger partial charge in [0, 0.05) is 44.0 Å². The molecule has 0 N–H and O–H groups in total.